The van der Waals surface area contributed by atoms with E-state index in [4.69, 9.17) is 44.5 Å². The van der Waals surface area contributed by atoms with Crippen molar-refractivity contribution in [3.63, 3.8) is 0 Å². The minimum atomic E-state index is -2.44. The molecule has 0 radical (unpaired) electrons. The second kappa shape index (κ2) is 8.70. The van der Waals surface area contributed by atoms with Gasteiger partial charge in [0.1, 0.15) is 28.3 Å². The Morgan fingerprint density at radius 3 is 2.03 bits per heavy atom. The van der Waals surface area contributed by atoms with Crippen molar-refractivity contribution in [2.75, 3.05) is 0 Å². The second-order valence-corrected chi connectivity index (χ2v) is 9.25. The first-order valence-corrected chi connectivity index (χ1v) is 9.83. The number of hydrogen-bond acceptors (Lipinski definition) is 4. The minimum Gasteiger partial charge on any atom is -0.487 e. The Hall–Kier alpha value is -1.89. The summed E-state index contributed by atoms with van der Waals surface area (Å²) >= 11 is 11.7. The number of ether oxygens (including phenoxy) is 2. The summed E-state index contributed by atoms with van der Waals surface area (Å²) in [6, 6.07) is 6.34. The molecule has 30 heavy (non-hydrogen) atoms. The van der Waals surface area contributed by atoms with Crippen molar-refractivity contribution in [1.82, 2.24) is 0 Å². The molecule has 2 N–H and O–H groups in total. The van der Waals surface area contributed by atoms with Crippen LogP contribution in [0.4, 0.5) is 0 Å². The van der Waals surface area contributed by atoms with Gasteiger partial charge in [-0.1, -0.05) is 23.2 Å². The molecule has 0 saturated heterocycles. The van der Waals surface area contributed by atoms with Crippen LogP contribution in [0.25, 0.3) is 0 Å². The van der Waals surface area contributed by atoms with Gasteiger partial charge in [0, 0.05) is 34.0 Å². The summed E-state index contributed by atoms with van der Waals surface area (Å²) in [5.41, 5.74) is 1.21. The smallest absolute Gasteiger partial charge is 0.339 e. The second-order valence-electron chi connectivity index (χ2n) is 8.38. The molecular weight excluding hydrogens is 426 g/mol. The third-order valence-electron chi connectivity index (χ3n) is 4.60. The molecule has 0 saturated carbocycles. The van der Waals surface area contributed by atoms with Gasteiger partial charge in [0.05, 0.1) is 17.6 Å². The van der Waals surface area contributed by atoms with Crippen molar-refractivity contribution in [2.45, 2.75) is 58.3 Å². The predicted octanol–water partition coefficient (Wildman–Crippen LogP) is 4.11. The normalized spacial score (nSPS) is 19.2. The molecule has 0 amide bonds. The molecule has 0 bridgehead atoms. The fourth-order valence-corrected chi connectivity index (χ4v) is 4.07. The van der Waals surface area contributed by atoms with Gasteiger partial charge in [-0.2, -0.15) is 0 Å². The average molecular weight is 458 g/mol. The molecule has 4 rings (SSSR count). The summed E-state index contributed by atoms with van der Waals surface area (Å²) in [4.78, 5) is 11.0. The maximum Gasteiger partial charge on any atom is 0.339 e. The molecule has 2 aromatic rings. The Bertz CT molecular complexity index is 1100. The molecule has 0 aromatic heterocycles. The molecule has 0 spiro atoms. The molecule has 0 unspecified atom stereocenters. The first-order valence-electron chi connectivity index (χ1n) is 11.8. The lowest BCUT2D eigenvalue weighted by atomic mass is 10.0. The number of fused-ring (bicyclic) bond motifs is 2. The average Bonchev–Trinajstić information content (AvgIpc) is 3.11. The van der Waals surface area contributed by atoms with E-state index in [0.29, 0.717) is 34.4 Å². The molecule has 2 aliphatic heterocycles. The molecule has 5 nitrogen and oxygen atoms in total. The topological polar surface area (TPSA) is 76.0 Å². The van der Waals surface area contributed by atoms with Crippen LogP contribution >= 0.6 is 23.2 Å². The lowest BCUT2D eigenvalue weighted by Gasteiger charge is -2.17. The van der Waals surface area contributed by atoms with Crippen LogP contribution in [0, 0.1) is 0 Å². The van der Waals surface area contributed by atoms with Gasteiger partial charge in [-0.05, 0) is 61.5 Å². The molecule has 162 valence electrons. The van der Waals surface area contributed by atoms with Crippen molar-refractivity contribution in [3.05, 3.63) is 56.6 Å². The highest BCUT2D eigenvalue weighted by molar-refractivity contribution is 6.31. The maximum atomic E-state index is 11.0. The molecule has 2 aliphatic rings. The Morgan fingerprint density at radius 1 is 1.07 bits per heavy atom. The summed E-state index contributed by atoms with van der Waals surface area (Å²) in [6.07, 6.45) is 1.34. The van der Waals surface area contributed by atoms with E-state index in [9.17, 15) is 9.90 Å². The van der Waals surface area contributed by atoms with Crippen molar-refractivity contribution >= 4 is 37.5 Å². The van der Waals surface area contributed by atoms with Crippen molar-refractivity contribution < 1.29 is 27.2 Å². The monoisotopic (exact) mass is 457 g/mol. The molecule has 2 aromatic carbocycles. The van der Waals surface area contributed by atoms with Crippen LogP contribution in [0.15, 0.2) is 24.3 Å². The Kier molecular flexibility index (Phi) is 5.15. The van der Waals surface area contributed by atoms with Gasteiger partial charge in [-0.15, -0.1) is 0 Å². The van der Waals surface area contributed by atoms with E-state index in [1.54, 1.807) is 12.1 Å². The first-order chi connectivity index (χ1) is 15.8. The fraction of sp³-hybridized carbons (Fsp3) is 0.409. The van der Waals surface area contributed by atoms with E-state index in [1.165, 1.54) is 12.1 Å². The number of carboxylic acid groups (broad SMARTS) is 1. The summed E-state index contributed by atoms with van der Waals surface area (Å²) in [7, 11) is -1.42. The Balaban J connectivity index is 0.000000215. The van der Waals surface area contributed by atoms with Crippen LogP contribution in [0.5, 0.6) is 11.5 Å². The molecule has 2 heterocycles. The van der Waals surface area contributed by atoms with Gasteiger partial charge in [0.15, 0.2) is 0 Å². The van der Waals surface area contributed by atoms with Gasteiger partial charge in [0.2, 0.25) is 0 Å². The van der Waals surface area contributed by atoms with E-state index in [0.717, 1.165) is 11.1 Å². The summed E-state index contributed by atoms with van der Waals surface area (Å²) in [5.74, 6) is -0.134. The fourth-order valence-electron chi connectivity index (χ4n) is 3.59. The highest BCUT2D eigenvalue weighted by atomic mass is 35.5. The molecular formula is C22H27BCl2O5. The van der Waals surface area contributed by atoms with E-state index < -0.39 is 20.8 Å². The molecule has 0 fully saturated rings. The van der Waals surface area contributed by atoms with Crippen LogP contribution < -0.4 is 9.47 Å². The largest absolute Gasteiger partial charge is 0.487 e. The number of aromatic carboxylic acids is 1. The van der Waals surface area contributed by atoms with Gasteiger partial charge in [-0.25, -0.2) is 4.79 Å². The Morgan fingerprint density at radius 2 is 1.53 bits per heavy atom. The molecule has 8 heteroatoms. The number of carbonyl (C=O) groups is 1. The van der Waals surface area contributed by atoms with Crippen molar-refractivity contribution in [2.24, 2.45) is 0 Å². The van der Waals surface area contributed by atoms with Crippen molar-refractivity contribution in [3.8, 4) is 11.5 Å². The number of halogens is 2. The number of rotatable bonds is 2. The van der Waals surface area contributed by atoms with Crippen LogP contribution in [-0.2, 0) is 19.4 Å². The Labute approximate surface area is 195 Å². The van der Waals surface area contributed by atoms with Gasteiger partial charge in [0.25, 0.3) is 0 Å². The number of carboxylic acids is 1. The van der Waals surface area contributed by atoms with Crippen molar-refractivity contribution in [1.29, 1.82) is 4.01 Å². The zero-order valence-electron chi connectivity index (χ0n) is 22.2. The van der Waals surface area contributed by atoms with E-state index >= 15 is 0 Å². The minimum absolute atomic E-state index is 0.0978. The van der Waals surface area contributed by atoms with Crippen LogP contribution in [-0.4, -0.2) is 39.7 Å². The zero-order chi connectivity index (χ0) is 26.9. The quantitative estimate of drug-likeness (QED) is 0.663. The summed E-state index contributed by atoms with van der Waals surface area (Å²) in [5, 5.41) is 19.3. The molecule has 0 atom stereocenters. The third-order valence-corrected chi connectivity index (χ3v) is 5.04. The van der Waals surface area contributed by atoms with Crippen LogP contribution in [0.2, 0.25) is 10.0 Å². The summed E-state index contributed by atoms with van der Waals surface area (Å²) < 4.78 is 43.7. The summed E-state index contributed by atoms with van der Waals surface area (Å²) in [6.45, 7) is 5.24. The lowest BCUT2D eigenvalue weighted by Crippen LogP contribution is -2.25. The van der Waals surface area contributed by atoms with E-state index in [-0.39, 0.29) is 22.3 Å². The third kappa shape index (κ3) is 5.23. The zero-order valence-corrected chi connectivity index (χ0v) is 18.7. The van der Waals surface area contributed by atoms with Gasteiger partial charge in [-0.3, -0.25) is 0 Å². The van der Waals surface area contributed by atoms with Gasteiger partial charge < -0.3 is 19.7 Å². The first kappa shape index (κ1) is 17.8. The number of benzene rings is 2. The highest BCUT2D eigenvalue weighted by Crippen LogP contribution is 2.40. The SMILES string of the molecule is CC1(C)Cc2cc(Cl)cc(C(=O)O)c2O1.[2H]B([2H])[2H].[2H]C([2H])(O)c1cc(Cl)cc2c1OC(C)(C)C2. The number of hydrogen-bond donors (Lipinski definition) is 2. The maximum absolute atomic E-state index is 11.0. The van der Waals surface area contributed by atoms with E-state index in [2.05, 4.69) is 0 Å². The molecule has 0 aliphatic carbocycles. The van der Waals surface area contributed by atoms with Gasteiger partial charge >= 0.3 is 5.97 Å². The van der Waals surface area contributed by atoms with E-state index in [1.807, 2.05) is 27.7 Å². The standard InChI is InChI=1S/C11H11ClO3.C11H13ClO2.BH3/c1-11(2)5-6-3-7(12)4-8(10(13)14)9(6)15-11;1-11(2)5-7-3-9(12)4-8(6-13)10(7)14-11;/h3-4H,5H2,1-2H3,(H,13,14);3-4,13H,5-6H2,1-2H3;1H3/i;6D2;1D3. The van der Waals surface area contributed by atoms with Crippen LogP contribution in [0.3, 0.4) is 0 Å². The number of aliphatic hydroxyl groups is 1. The predicted molar refractivity (Wildman–Crippen MR) is 123 cm³/mol. The lowest BCUT2D eigenvalue weighted by molar-refractivity contribution is 0.0685. The van der Waals surface area contributed by atoms with Crippen LogP contribution in [0.1, 0.15) is 57.5 Å². The highest BCUT2D eigenvalue weighted by Gasteiger charge is 2.34.